The van der Waals surface area contributed by atoms with Crippen molar-refractivity contribution < 1.29 is 0 Å². The van der Waals surface area contributed by atoms with Crippen LogP contribution in [0.25, 0.3) is 16.7 Å². The number of hydrogen-bond acceptors (Lipinski definition) is 2. The van der Waals surface area contributed by atoms with Crippen LogP contribution in [-0.2, 0) is 6.42 Å². The summed E-state index contributed by atoms with van der Waals surface area (Å²) in [5.74, 6) is 0. The number of rotatable bonds is 2. The number of para-hydroxylation sites is 2. The van der Waals surface area contributed by atoms with E-state index in [9.17, 15) is 10.1 Å². The van der Waals surface area contributed by atoms with E-state index in [0.717, 1.165) is 16.6 Å². The zero-order valence-electron chi connectivity index (χ0n) is 13.5. The van der Waals surface area contributed by atoms with Gasteiger partial charge in [0, 0.05) is 17.0 Å². The molecule has 4 nitrogen and oxygen atoms in total. The summed E-state index contributed by atoms with van der Waals surface area (Å²) in [6, 6.07) is 17.2. The van der Waals surface area contributed by atoms with Gasteiger partial charge in [-0.1, -0.05) is 41.9 Å². The molecular formula is C20H14ClN3O. The fourth-order valence-corrected chi connectivity index (χ4v) is 3.47. The number of pyridine rings is 1. The summed E-state index contributed by atoms with van der Waals surface area (Å²) in [5, 5.41) is 10.3. The first kappa shape index (κ1) is 15.5. The summed E-state index contributed by atoms with van der Waals surface area (Å²) < 4.78 is 1.59. The Morgan fingerprint density at radius 3 is 2.64 bits per heavy atom. The summed E-state index contributed by atoms with van der Waals surface area (Å²) in [6.45, 7) is 1.82. The molecule has 0 unspecified atom stereocenters. The minimum absolute atomic E-state index is 0.121. The van der Waals surface area contributed by atoms with E-state index in [4.69, 9.17) is 11.6 Å². The molecule has 2 aromatic heterocycles. The Bertz CT molecular complexity index is 1230. The van der Waals surface area contributed by atoms with Crippen LogP contribution in [0.4, 0.5) is 0 Å². The molecule has 2 heterocycles. The van der Waals surface area contributed by atoms with Crippen molar-refractivity contribution in [2.45, 2.75) is 13.3 Å². The molecule has 5 heteroatoms. The number of aromatic amines is 1. The lowest BCUT2D eigenvalue weighted by atomic mass is 9.99. The van der Waals surface area contributed by atoms with Crippen molar-refractivity contribution in [2.75, 3.05) is 0 Å². The van der Waals surface area contributed by atoms with Crippen LogP contribution in [0.15, 0.2) is 53.3 Å². The summed E-state index contributed by atoms with van der Waals surface area (Å²) in [7, 11) is 0. The highest BCUT2D eigenvalue weighted by atomic mass is 35.5. The zero-order chi connectivity index (χ0) is 17.6. The molecule has 0 aliphatic carbocycles. The van der Waals surface area contributed by atoms with Crippen LogP contribution in [0.2, 0.25) is 5.02 Å². The zero-order valence-corrected chi connectivity index (χ0v) is 14.3. The Morgan fingerprint density at radius 1 is 1.16 bits per heavy atom. The first-order valence-corrected chi connectivity index (χ1v) is 8.28. The molecule has 0 aliphatic heterocycles. The maximum absolute atomic E-state index is 13.2. The molecule has 122 valence electrons. The number of nitriles is 1. The number of nitrogens with zero attached hydrogens (tertiary/aromatic N) is 2. The molecule has 4 rings (SSSR count). The van der Waals surface area contributed by atoms with E-state index in [-0.39, 0.29) is 5.56 Å². The Labute approximate surface area is 148 Å². The first-order valence-electron chi connectivity index (χ1n) is 7.90. The van der Waals surface area contributed by atoms with Gasteiger partial charge in [-0.2, -0.15) is 5.26 Å². The lowest BCUT2D eigenvalue weighted by Crippen LogP contribution is -2.21. The van der Waals surface area contributed by atoms with Crippen molar-refractivity contribution in [3.63, 3.8) is 0 Å². The molecule has 0 aliphatic rings. The third-order valence-corrected chi connectivity index (χ3v) is 4.95. The van der Waals surface area contributed by atoms with Gasteiger partial charge < -0.3 is 4.98 Å². The highest BCUT2D eigenvalue weighted by Crippen LogP contribution is 2.24. The van der Waals surface area contributed by atoms with Crippen molar-refractivity contribution in [3.8, 4) is 6.07 Å². The van der Waals surface area contributed by atoms with Crippen LogP contribution >= 0.6 is 11.6 Å². The Hall–Kier alpha value is -3.03. The van der Waals surface area contributed by atoms with Gasteiger partial charge in [-0.25, -0.2) is 0 Å². The molecule has 0 radical (unpaired) electrons. The van der Waals surface area contributed by atoms with Gasteiger partial charge >= 0.3 is 0 Å². The molecule has 0 fully saturated rings. The van der Waals surface area contributed by atoms with Gasteiger partial charge in [-0.05, 0) is 36.2 Å². The number of hydrogen-bond donors (Lipinski definition) is 1. The fourth-order valence-electron chi connectivity index (χ4n) is 3.26. The van der Waals surface area contributed by atoms with Gasteiger partial charge in [0.1, 0.15) is 11.7 Å². The molecule has 25 heavy (non-hydrogen) atoms. The number of benzene rings is 2. The van der Waals surface area contributed by atoms with Crippen molar-refractivity contribution in [2.24, 2.45) is 0 Å². The topological polar surface area (TPSA) is 61.1 Å². The number of halogens is 1. The minimum atomic E-state index is -0.121. The number of nitrogens with one attached hydrogen (secondary N) is 1. The van der Waals surface area contributed by atoms with Gasteiger partial charge in [-0.3, -0.25) is 9.20 Å². The normalized spacial score (nSPS) is 11.1. The van der Waals surface area contributed by atoms with Crippen LogP contribution in [0.3, 0.4) is 0 Å². The van der Waals surface area contributed by atoms with Crippen LogP contribution in [0.1, 0.15) is 22.3 Å². The van der Waals surface area contributed by atoms with Crippen molar-refractivity contribution in [1.82, 2.24) is 9.38 Å². The van der Waals surface area contributed by atoms with E-state index >= 15 is 0 Å². The van der Waals surface area contributed by atoms with Crippen molar-refractivity contribution >= 4 is 28.3 Å². The average Bonchev–Trinajstić information content (AvgIpc) is 3.00. The molecule has 0 bridgehead atoms. The molecular weight excluding hydrogens is 334 g/mol. The van der Waals surface area contributed by atoms with E-state index in [2.05, 4.69) is 11.1 Å². The van der Waals surface area contributed by atoms with Crippen molar-refractivity contribution in [3.05, 3.63) is 86.2 Å². The largest absolute Gasteiger partial charge is 0.338 e. The summed E-state index contributed by atoms with van der Waals surface area (Å²) in [6.07, 6.45) is 0.390. The second-order valence-corrected chi connectivity index (χ2v) is 6.40. The van der Waals surface area contributed by atoms with Crippen LogP contribution in [0, 0.1) is 18.3 Å². The van der Waals surface area contributed by atoms with E-state index in [1.165, 1.54) is 0 Å². The van der Waals surface area contributed by atoms with E-state index in [1.807, 2.05) is 49.4 Å². The summed E-state index contributed by atoms with van der Waals surface area (Å²) >= 11 is 6.26. The fraction of sp³-hybridized carbons (Fsp3) is 0.100. The predicted octanol–water partition coefficient (Wildman–Crippen LogP) is 4.21. The van der Waals surface area contributed by atoms with Gasteiger partial charge in [0.05, 0.1) is 16.6 Å². The number of H-pyrrole nitrogens is 1. The maximum atomic E-state index is 13.2. The van der Waals surface area contributed by atoms with Gasteiger partial charge in [0.15, 0.2) is 0 Å². The highest BCUT2D eigenvalue weighted by Gasteiger charge is 2.19. The van der Waals surface area contributed by atoms with E-state index < -0.39 is 0 Å². The third-order valence-electron chi connectivity index (χ3n) is 4.58. The first-order chi connectivity index (χ1) is 12.1. The monoisotopic (exact) mass is 347 g/mol. The molecule has 0 spiro atoms. The van der Waals surface area contributed by atoms with Crippen LogP contribution in [0.5, 0.6) is 0 Å². The number of imidazole rings is 1. The highest BCUT2D eigenvalue weighted by molar-refractivity contribution is 6.31. The minimum Gasteiger partial charge on any atom is -0.338 e. The van der Waals surface area contributed by atoms with E-state index in [0.29, 0.717) is 33.8 Å². The maximum Gasteiger partial charge on any atom is 0.260 e. The SMILES string of the molecule is Cc1c(Cc2ccccc2Cl)c(=O)n2c([nH]c3ccccc32)c1C#N. The van der Waals surface area contributed by atoms with Gasteiger partial charge in [-0.15, -0.1) is 0 Å². The summed E-state index contributed by atoms with van der Waals surface area (Å²) in [5.41, 5.74) is 4.64. The Balaban J connectivity index is 2.08. The molecule has 0 saturated heterocycles. The third kappa shape index (κ3) is 2.33. The second kappa shape index (κ2) is 5.80. The standard InChI is InChI=1S/C20H14ClN3O/c1-12-14(10-13-6-2-3-7-16(13)21)20(25)24-18-9-5-4-8-17(18)23-19(24)15(12)11-22/h2-9,23H,10H2,1H3. The summed E-state index contributed by atoms with van der Waals surface area (Å²) in [4.78, 5) is 16.4. The predicted molar refractivity (Wildman–Crippen MR) is 99.2 cm³/mol. The van der Waals surface area contributed by atoms with Gasteiger partial charge in [0.2, 0.25) is 0 Å². The number of fused-ring (bicyclic) bond motifs is 3. The second-order valence-electron chi connectivity index (χ2n) is 5.99. The molecule has 0 saturated carbocycles. The van der Waals surface area contributed by atoms with Crippen LogP contribution < -0.4 is 5.56 Å². The molecule has 4 aromatic rings. The Kier molecular flexibility index (Phi) is 3.60. The van der Waals surface area contributed by atoms with Gasteiger partial charge in [0.25, 0.3) is 5.56 Å². The lowest BCUT2D eigenvalue weighted by Gasteiger charge is -2.10. The quantitative estimate of drug-likeness (QED) is 0.590. The van der Waals surface area contributed by atoms with E-state index in [1.54, 1.807) is 10.5 Å². The molecule has 2 aromatic carbocycles. The average molecular weight is 348 g/mol. The Morgan fingerprint density at radius 2 is 1.88 bits per heavy atom. The molecule has 1 N–H and O–H groups in total. The molecule has 0 atom stereocenters. The molecule has 0 amide bonds. The smallest absolute Gasteiger partial charge is 0.260 e. The number of aromatic nitrogens is 2. The lowest BCUT2D eigenvalue weighted by molar-refractivity contribution is 1.03. The van der Waals surface area contributed by atoms with Crippen LogP contribution in [-0.4, -0.2) is 9.38 Å². The van der Waals surface area contributed by atoms with Crippen molar-refractivity contribution in [1.29, 1.82) is 5.26 Å².